The number of amides is 3. The molecular formula is C21H26N2O3. The van der Waals surface area contributed by atoms with Crippen LogP contribution in [-0.2, 0) is 19.8 Å². The van der Waals surface area contributed by atoms with Gasteiger partial charge in [0.05, 0.1) is 5.41 Å². The molecule has 1 aromatic carbocycles. The normalized spacial score (nSPS) is 33.2. The molecule has 1 heterocycles. The van der Waals surface area contributed by atoms with Gasteiger partial charge in [0.1, 0.15) is 0 Å². The van der Waals surface area contributed by atoms with Crippen molar-refractivity contribution < 1.29 is 14.4 Å². The monoisotopic (exact) mass is 354 g/mol. The van der Waals surface area contributed by atoms with Crippen molar-refractivity contribution in [3.63, 3.8) is 0 Å². The zero-order valence-electron chi connectivity index (χ0n) is 15.2. The lowest BCUT2D eigenvalue weighted by Crippen LogP contribution is -2.51. The highest BCUT2D eigenvalue weighted by molar-refractivity contribution is 6.03. The molecule has 1 aliphatic heterocycles. The minimum Gasteiger partial charge on any atom is -0.326 e. The summed E-state index contributed by atoms with van der Waals surface area (Å²) in [5.41, 5.74) is 1.03. The Kier molecular flexibility index (Phi) is 4.33. The predicted molar refractivity (Wildman–Crippen MR) is 98.4 cm³/mol. The van der Waals surface area contributed by atoms with Crippen molar-refractivity contribution in [2.45, 2.75) is 57.3 Å². The van der Waals surface area contributed by atoms with Gasteiger partial charge < -0.3 is 5.32 Å². The van der Waals surface area contributed by atoms with E-state index in [0.29, 0.717) is 31.1 Å². The van der Waals surface area contributed by atoms with Crippen LogP contribution in [0, 0.1) is 17.8 Å². The van der Waals surface area contributed by atoms with Crippen molar-refractivity contribution in [3.05, 3.63) is 29.8 Å². The fourth-order valence-corrected chi connectivity index (χ4v) is 5.05. The molecule has 0 radical (unpaired) electrons. The van der Waals surface area contributed by atoms with Crippen LogP contribution in [0.1, 0.15) is 57.4 Å². The van der Waals surface area contributed by atoms with Gasteiger partial charge in [-0.05, 0) is 55.2 Å². The van der Waals surface area contributed by atoms with E-state index in [1.165, 1.54) is 25.7 Å². The first-order valence-corrected chi connectivity index (χ1v) is 9.81. The summed E-state index contributed by atoms with van der Waals surface area (Å²) in [5, 5.41) is 5.52. The van der Waals surface area contributed by atoms with Crippen LogP contribution in [0.25, 0.3) is 0 Å². The average molecular weight is 354 g/mol. The van der Waals surface area contributed by atoms with E-state index in [0.717, 1.165) is 11.3 Å². The number of rotatable bonds is 4. The van der Waals surface area contributed by atoms with Gasteiger partial charge in [-0.15, -0.1) is 0 Å². The Balaban J connectivity index is 1.45. The van der Waals surface area contributed by atoms with E-state index in [-0.39, 0.29) is 23.6 Å². The van der Waals surface area contributed by atoms with E-state index >= 15 is 0 Å². The molecule has 0 spiro atoms. The zero-order valence-corrected chi connectivity index (χ0v) is 15.2. The van der Waals surface area contributed by atoms with Crippen LogP contribution in [0.2, 0.25) is 0 Å². The van der Waals surface area contributed by atoms with Crippen molar-refractivity contribution in [3.8, 4) is 0 Å². The Morgan fingerprint density at radius 2 is 1.81 bits per heavy atom. The number of carbonyl (C=O) groups excluding carboxylic acids is 3. The van der Waals surface area contributed by atoms with Crippen molar-refractivity contribution in [1.29, 1.82) is 0 Å². The third-order valence-corrected chi connectivity index (χ3v) is 6.73. The second kappa shape index (κ2) is 6.53. The van der Waals surface area contributed by atoms with Crippen LogP contribution in [0.4, 0.5) is 5.69 Å². The van der Waals surface area contributed by atoms with Gasteiger partial charge in [-0.25, -0.2) is 0 Å². The van der Waals surface area contributed by atoms with Gasteiger partial charge in [-0.2, -0.15) is 0 Å². The second-order valence-corrected chi connectivity index (χ2v) is 8.02. The lowest BCUT2D eigenvalue weighted by atomic mass is 9.72. The van der Waals surface area contributed by atoms with E-state index in [2.05, 4.69) is 10.6 Å². The minimum atomic E-state index is -0.651. The maximum atomic E-state index is 12.5. The summed E-state index contributed by atoms with van der Waals surface area (Å²) in [5.74, 6) is 1.10. The number of fused-ring (bicyclic) bond motifs is 1. The first-order valence-electron chi connectivity index (χ1n) is 9.81. The van der Waals surface area contributed by atoms with Gasteiger partial charge in [-0.1, -0.05) is 31.9 Å². The van der Waals surface area contributed by atoms with Gasteiger partial charge >= 0.3 is 0 Å². The second-order valence-electron chi connectivity index (χ2n) is 8.02. The lowest BCUT2D eigenvalue weighted by molar-refractivity contribution is -0.138. The molecule has 1 aromatic rings. The number of hydrogen-bond acceptors (Lipinski definition) is 3. The molecule has 138 valence electrons. The van der Waals surface area contributed by atoms with Crippen molar-refractivity contribution in [2.24, 2.45) is 17.8 Å². The topological polar surface area (TPSA) is 75.3 Å². The van der Waals surface area contributed by atoms with E-state index in [1.807, 2.05) is 31.2 Å². The largest absolute Gasteiger partial charge is 0.326 e. The molecule has 0 unspecified atom stereocenters. The summed E-state index contributed by atoms with van der Waals surface area (Å²) in [6.45, 7) is 1.97. The van der Waals surface area contributed by atoms with Gasteiger partial charge in [0.15, 0.2) is 0 Å². The van der Waals surface area contributed by atoms with E-state index in [4.69, 9.17) is 0 Å². The quantitative estimate of drug-likeness (QED) is 0.816. The van der Waals surface area contributed by atoms with Gasteiger partial charge in [0, 0.05) is 18.0 Å². The molecule has 2 saturated carbocycles. The summed E-state index contributed by atoms with van der Waals surface area (Å²) in [6, 6.07) is 7.57. The number of hydrogen-bond donors (Lipinski definition) is 2. The van der Waals surface area contributed by atoms with Gasteiger partial charge in [-0.3, -0.25) is 19.7 Å². The maximum absolute atomic E-state index is 12.5. The maximum Gasteiger partial charge on any atom is 0.237 e. The van der Waals surface area contributed by atoms with Crippen molar-refractivity contribution >= 4 is 23.4 Å². The first kappa shape index (κ1) is 17.3. The van der Waals surface area contributed by atoms with Crippen LogP contribution < -0.4 is 10.6 Å². The summed E-state index contributed by atoms with van der Waals surface area (Å²) in [6.07, 6.45) is 6.42. The number of benzene rings is 1. The van der Waals surface area contributed by atoms with E-state index in [9.17, 15) is 14.4 Å². The van der Waals surface area contributed by atoms with Crippen molar-refractivity contribution in [2.75, 3.05) is 5.32 Å². The first-order chi connectivity index (χ1) is 12.5. The molecule has 2 N–H and O–H groups in total. The Hall–Kier alpha value is -2.17. The van der Waals surface area contributed by atoms with Crippen LogP contribution in [0.15, 0.2) is 24.3 Å². The van der Waals surface area contributed by atoms with E-state index in [1.54, 1.807) is 0 Å². The molecule has 5 nitrogen and oxygen atoms in total. The van der Waals surface area contributed by atoms with Crippen LogP contribution in [0.5, 0.6) is 0 Å². The smallest absolute Gasteiger partial charge is 0.237 e. The lowest BCUT2D eigenvalue weighted by Gasteiger charge is -2.35. The van der Waals surface area contributed by atoms with Crippen molar-refractivity contribution in [1.82, 2.24) is 5.32 Å². The molecule has 0 bridgehead atoms. The number of imide groups is 1. The number of nitrogens with one attached hydrogen (secondary N) is 2. The molecule has 3 atom stereocenters. The van der Waals surface area contributed by atoms with Gasteiger partial charge in [0.25, 0.3) is 0 Å². The molecule has 3 amide bonds. The highest BCUT2D eigenvalue weighted by atomic mass is 16.2. The molecular weight excluding hydrogens is 328 g/mol. The average Bonchev–Trinajstić information content (AvgIpc) is 3.38. The summed E-state index contributed by atoms with van der Waals surface area (Å²) in [7, 11) is 0. The van der Waals surface area contributed by atoms with E-state index < -0.39 is 5.41 Å². The number of anilines is 1. The Morgan fingerprint density at radius 1 is 1.15 bits per heavy atom. The standard InChI is InChI=1S/C21H26N2O3/c1-2-21(12-11-17(24)23-20(21)26)13-7-9-14(10-8-13)22-19(25)18-15-5-3-4-6-16(15)18/h7-10,15-16,18H,2-6,11-12H2,1H3,(H,22,25)(H,23,24,26)/t15-,16-,21-/m1/s1. The molecule has 0 aromatic heterocycles. The SMILES string of the molecule is CC[C@]1(c2ccc(NC(=O)C3[C@@H]4CCCC[C@@H]34)cc2)CCC(=O)NC1=O. The molecule has 4 rings (SSSR count). The van der Waals surface area contributed by atoms with Gasteiger partial charge in [0.2, 0.25) is 17.7 Å². The van der Waals surface area contributed by atoms with Crippen LogP contribution >= 0.6 is 0 Å². The molecule has 3 aliphatic rings. The molecule has 5 heteroatoms. The Bertz CT molecular complexity index is 730. The highest BCUT2D eigenvalue weighted by Crippen LogP contribution is 2.55. The Labute approximate surface area is 153 Å². The fraction of sp³-hybridized carbons (Fsp3) is 0.571. The van der Waals surface area contributed by atoms with Crippen LogP contribution in [0.3, 0.4) is 0 Å². The van der Waals surface area contributed by atoms with Crippen LogP contribution in [-0.4, -0.2) is 17.7 Å². The molecule has 26 heavy (non-hydrogen) atoms. The minimum absolute atomic E-state index is 0.140. The Morgan fingerprint density at radius 3 is 2.38 bits per heavy atom. The highest BCUT2D eigenvalue weighted by Gasteiger charge is 2.54. The summed E-state index contributed by atoms with van der Waals surface area (Å²) >= 11 is 0. The summed E-state index contributed by atoms with van der Waals surface area (Å²) in [4.78, 5) is 36.5. The fourth-order valence-electron chi connectivity index (χ4n) is 5.05. The number of carbonyl (C=O) groups is 3. The number of piperidine rings is 1. The molecule has 1 saturated heterocycles. The zero-order chi connectivity index (χ0) is 18.3. The molecule has 2 aliphatic carbocycles. The summed E-state index contributed by atoms with van der Waals surface area (Å²) < 4.78 is 0. The third-order valence-electron chi connectivity index (χ3n) is 6.73. The third kappa shape index (κ3) is 2.83. The molecule has 3 fully saturated rings. The predicted octanol–water partition coefficient (Wildman–Crippen LogP) is 3.15.